The first kappa shape index (κ1) is 13.8. The van der Waals surface area contributed by atoms with Crippen molar-refractivity contribution < 1.29 is 4.79 Å². The summed E-state index contributed by atoms with van der Waals surface area (Å²) in [5.41, 5.74) is 8.42. The van der Waals surface area contributed by atoms with Crippen LogP contribution in [0.2, 0.25) is 5.02 Å². The Balaban J connectivity index is 1.75. The van der Waals surface area contributed by atoms with Gasteiger partial charge in [-0.3, -0.25) is 4.90 Å². The molecule has 2 N–H and O–H groups in total. The number of hydrogen-bond acceptors (Lipinski definition) is 2. The van der Waals surface area contributed by atoms with Gasteiger partial charge < -0.3 is 10.6 Å². The molecule has 1 aliphatic rings. The van der Waals surface area contributed by atoms with E-state index in [0.717, 1.165) is 11.3 Å². The molecule has 0 atom stereocenters. The molecule has 0 spiro atoms. The molecule has 1 saturated heterocycles. The Kier molecular flexibility index (Phi) is 3.71. The molecule has 0 bridgehead atoms. The number of benzene rings is 2. The van der Waals surface area contributed by atoms with Crippen LogP contribution in [0.3, 0.4) is 0 Å². The summed E-state index contributed by atoms with van der Waals surface area (Å²) in [6.07, 6.45) is 0. The number of hydrogen-bond donors (Lipinski definition) is 1. The number of halogens is 1. The highest BCUT2D eigenvalue weighted by Gasteiger charge is 2.30. The third kappa shape index (κ3) is 2.81. The lowest BCUT2D eigenvalue weighted by atomic mass is 10.2. The molecule has 0 aromatic heterocycles. The molecule has 4 nitrogen and oxygen atoms in total. The van der Waals surface area contributed by atoms with Crippen molar-refractivity contribution in [2.75, 3.05) is 23.7 Å². The van der Waals surface area contributed by atoms with Crippen LogP contribution >= 0.6 is 11.6 Å². The fraction of sp³-hybridized carbons (Fsp3) is 0.188. The van der Waals surface area contributed by atoms with Gasteiger partial charge >= 0.3 is 6.03 Å². The highest BCUT2D eigenvalue weighted by molar-refractivity contribution is 6.30. The Morgan fingerprint density at radius 1 is 1.05 bits per heavy atom. The molecule has 2 amide bonds. The molecule has 2 aromatic rings. The number of anilines is 2. The predicted octanol–water partition coefficient (Wildman–Crippen LogP) is 3.36. The minimum Gasteiger partial charge on any atom is -0.397 e. The molecule has 0 saturated carbocycles. The van der Waals surface area contributed by atoms with Gasteiger partial charge in [-0.15, -0.1) is 0 Å². The number of carbonyl (C=O) groups is 1. The number of para-hydroxylation sites is 2. The quantitative estimate of drug-likeness (QED) is 0.884. The average molecular weight is 302 g/mol. The summed E-state index contributed by atoms with van der Waals surface area (Å²) in [7, 11) is 0. The van der Waals surface area contributed by atoms with Crippen molar-refractivity contribution in [2.24, 2.45) is 0 Å². The monoisotopic (exact) mass is 301 g/mol. The number of rotatable bonds is 3. The Bertz CT molecular complexity index is 657. The molecule has 0 unspecified atom stereocenters. The maximum Gasteiger partial charge on any atom is 0.324 e. The van der Waals surface area contributed by atoms with Gasteiger partial charge in [0.1, 0.15) is 0 Å². The van der Waals surface area contributed by atoms with Crippen LogP contribution in [0, 0.1) is 0 Å². The van der Waals surface area contributed by atoms with E-state index in [2.05, 4.69) is 0 Å². The first-order valence-electron chi connectivity index (χ1n) is 6.80. The lowest BCUT2D eigenvalue weighted by Crippen LogP contribution is -2.31. The number of nitrogens with two attached hydrogens (primary N) is 1. The van der Waals surface area contributed by atoms with E-state index in [9.17, 15) is 4.79 Å². The van der Waals surface area contributed by atoms with E-state index >= 15 is 0 Å². The third-order valence-electron chi connectivity index (χ3n) is 3.61. The molecular weight excluding hydrogens is 286 g/mol. The third-order valence-corrected chi connectivity index (χ3v) is 3.86. The molecule has 108 valence electrons. The van der Waals surface area contributed by atoms with E-state index in [1.54, 1.807) is 4.90 Å². The predicted molar refractivity (Wildman–Crippen MR) is 85.5 cm³/mol. The van der Waals surface area contributed by atoms with Crippen LogP contribution in [0.25, 0.3) is 0 Å². The zero-order valence-electron chi connectivity index (χ0n) is 11.5. The second kappa shape index (κ2) is 5.66. The first-order valence-corrected chi connectivity index (χ1v) is 7.18. The summed E-state index contributed by atoms with van der Waals surface area (Å²) in [5.74, 6) is 0. The number of nitrogen functional groups attached to an aromatic ring is 1. The Hall–Kier alpha value is -2.20. The summed E-state index contributed by atoms with van der Waals surface area (Å²) >= 11 is 5.87. The summed E-state index contributed by atoms with van der Waals surface area (Å²) in [6, 6.07) is 15.0. The van der Waals surface area contributed by atoms with Crippen molar-refractivity contribution in [3.63, 3.8) is 0 Å². The summed E-state index contributed by atoms with van der Waals surface area (Å²) < 4.78 is 0. The molecular formula is C16H16ClN3O. The molecule has 3 rings (SSSR count). The minimum atomic E-state index is -0.0112. The standard InChI is InChI=1S/C16H16ClN3O/c17-13-7-5-12(6-8-13)11-19-9-10-20(16(19)21)15-4-2-1-3-14(15)18/h1-8H,9-11,18H2. The van der Waals surface area contributed by atoms with Gasteiger partial charge in [-0.25, -0.2) is 4.79 Å². The van der Waals surface area contributed by atoms with Crippen molar-refractivity contribution in [2.45, 2.75) is 6.54 Å². The minimum absolute atomic E-state index is 0.0112. The summed E-state index contributed by atoms with van der Waals surface area (Å²) in [4.78, 5) is 16.0. The van der Waals surface area contributed by atoms with Crippen LogP contribution in [0.5, 0.6) is 0 Å². The Morgan fingerprint density at radius 2 is 1.76 bits per heavy atom. The SMILES string of the molecule is Nc1ccccc1N1CCN(Cc2ccc(Cl)cc2)C1=O. The molecule has 5 heteroatoms. The highest BCUT2D eigenvalue weighted by atomic mass is 35.5. The molecule has 1 fully saturated rings. The summed E-state index contributed by atoms with van der Waals surface area (Å²) in [6.45, 7) is 1.93. The Labute approximate surface area is 128 Å². The van der Waals surface area contributed by atoms with Crippen molar-refractivity contribution in [1.82, 2.24) is 4.90 Å². The van der Waals surface area contributed by atoms with Gasteiger partial charge in [-0.1, -0.05) is 35.9 Å². The summed E-state index contributed by atoms with van der Waals surface area (Å²) in [5, 5.41) is 0.699. The highest BCUT2D eigenvalue weighted by Crippen LogP contribution is 2.27. The van der Waals surface area contributed by atoms with Gasteiger partial charge in [0.25, 0.3) is 0 Å². The second-order valence-electron chi connectivity index (χ2n) is 5.04. The first-order chi connectivity index (χ1) is 10.1. The fourth-order valence-corrected chi connectivity index (χ4v) is 2.62. The van der Waals surface area contributed by atoms with E-state index in [-0.39, 0.29) is 6.03 Å². The van der Waals surface area contributed by atoms with E-state index in [1.807, 2.05) is 53.4 Å². The molecule has 1 heterocycles. The molecule has 2 aromatic carbocycles. The molecule has 0 radical (unpaired) electrons. The van der Waals surface area contributed by atoms with Gasteiger partial charge in [-0.05, 0) is 29.8 Å². The van der Waals surface area contributed by atoms with Crippen molar-refractivity contribution in [3.05, 3.63) is 59.1 Å². The van der Waals surface area contributed by atoms with E-state index < -0.39 is 0 Å². The van der Waals surface area contributed by atoms with Gasteiger partial charge in [-0.2, -0.15) is 0 Å². The zero-order chi connectivity index (χ0) is 14.8. The van der Waals surface area contributed by atoms with Crippen molar-refractivity contribution in [3.8, 4) is 0 Å². The van der Waals surface area contributed by atoms with E-state index in [0.29, 0.717) is 30.3 Å². The van der Waals surface area contributed by atoms with Gasteiger partial charge in [0.15, 0.2) is 0 Å². The van der Waals surface area contributed by atoms with Crippen molar-refractivity contribution >= 4 is 29.0 Å². The molecule has 1 aliphatic heterocycles. The topological polar surface area (TPSA) is 49.6 Å². The lowest BCUT2D eigenvalue weighted by Gasteiger charge is -2.20. The maximum absolute atomic E-state index is 12.5. The van der Waals surface area contributed by atoms with Crippen LogP contribution in [-0.4, -0.2) is 24.0 Å². The fourth-order valence-electron chi connectivity index (χ4n) is 2.50. The number of carbonyl (C=O) groups excluding carboxylic acids is 1. The van der Waals surface area contributed by atoms with Crippen LogP contribution in [-0.2, 0) is 6.54 Å². The molecule has 0 aliphatic carbocycles. The van der Waals surface area contributed by atoms with Crippen LogP contribution in [0.4, 0.5) is 16.2 Å². The van der Waals surface area contributed by atoms with Crippen molar-refractivity contribution in [1.29, 1.82) is 0 Å². The Morgan fingerprint density at radius 3 is 2.48 bits per heavy atom. The largest absolute Gasteiger partial charge is 0.397 e. The van der Waals surface area contributed by atoms with Crippen LogP contribution in [0.1, 0.15) is 5.56 Å². The van der Waals surface area contributed by atoms with Gasteiger partial charge in [0.2, 0.25) is 0 Å². The number of urea groups is 1. The zero-order valence-corrected chi connectivity index (χ0v) is 12.3. The smallest absolute Gasteiger partial charge is 0.324 e. The maximum atomic E-state index is 12.5. The second-order valence-corrected chi connectivity index (χ2v) is 5.48. The number of nitrogens with zero attached hydrogens (tertiary/aromatic N) is 2. The lowest BCUT2D eigenvalue weighted by molar-refractivity contribution is 0.219. The van der Waals surface area contributed by atoms with Crippen LogP contribution in [0.15, 0.2) is 48.5 Å². The van der Waals surface area contributed by atoms with Gasteiger partial charge in [0.05, 0.1) is 11.4 Å². The molecule has 21 heavy (non-hydrogen) atoms. The van der Waals surface area contributed by atoms with E-state index in [1.165, 1.54) is 0 Å². The normalized spacial score (nSPS) is 14.8. The van der Waals surface area contributed by atoms with Gasteiger partial charge in [0, 0.05) is 24.7 Å². The average Bonchev–Trinajstić information content (AvgIpc) is 2.83. The van der Waals surface area contributed by atoms with Crippen LogP contribution < -0.4 is 10.6 Å². The van der Waals surface area contributed by atoms with E-state index in [4.69, 9.17) is 17.3 Å². The number of amides is 2.